The lowest BCUT2D eigenvalue weighted by Gasteiger charge is -1.98. The second-order valence-corrected chi connectivity index (χ2v) is 6.99. The van der Waals surface area contributed by atoms with E-state index in [0.717, 1.165) is 0 Å². The smallest absolute Gasteiger partial charge is 0.148 e. The Morgan fingerprint density at radius 3 is 2.00 bits per heavy atom. The van der Waals surface area contributed by atoms with E-state index in [1.54, 1.807) is 0 Å². The molecule has 0 nitrogen and oxygen atoms in total. The summed E-state index contributed by atoms with van der Waals surface area (Å²) >= 11 is 2.01. The topological polar surface area (TPSA) is 0 Å². The van der Waals surface area contributed by atoms with Gasteiger partial charge in [0.15, 0.2) is 7.00 Å². The van der Waals surface area contributed by atoms with Crippen molar-refractivity contribution in [1.29, 1.82) is 0 Å². The molecule has 1 rings (SSSR count). The van der Waals surface area contributed by atoms with Crippen molar-refractivity contribution in [3.05, 3.63) is 0 Å². The summed E-state index contributed by atoms with van der Waals surface area (Å²) in [6, 6.07) is 0. The van der Waals surface area contributed by atoms with Gasteiger partial charge >= 0.3 is 0 Å². The quantitative estimate of drug-likeness (QED) is 0.388. The molecule has 0 aromatic heterocycles. The van der Waals surface area contributed by atoms with Crippen molar-refractivity contribution >= 4 is 25.4 Å². The molecular formula is C4H9BPS. The zero-order chi connectivity index (χ0) is 5.49. The molecule has 0 aromatic rings. The molecule has 39 valence electrons. The van der Waals surface area contributed by atoms with E-state index >= 15 is 0 Å². The first-order valence-electron chi connectivity index (χ1n) is 2.36. The van der Waals surface area contributed by atoms with Gasteiger partial charge in [-0.1, -0.05) is 20.8 Å². The molecule has 1 radical (unpaired) electrons. The lowest BCUT2D eigenvalue weighted by atomic mass is 9.93. The molecule has 0 aliphatic carbocycles. The Bertz CT molecular complexity index is 83.8. The highest BCUT2D eigenvalue weighted by Gasteiger charge is 2.45. The van der Waals surface area contributed by atoms with Crippen molar-refractivity contribution in [1.82, 2.24) is 0 Å². The first-order chi connectivity index (χ1) is 3.17. The highest BCUT2D eigenvalue weighted by Crippen LogP contribution is 2.72. The van der Waals surface area contributed by atoms with E-state index in [1.165, 1.54) is 0 Å². The van der Waals surface area contributed by atoms with Gasteiger partial charge in [0.25, 0.3) is 0 Å². The molecule has 0 spiro atoms. The van der Waals surface area contributed by atoms with Crippen LogP contribution >= 0.6 is 18.4 Å². The second kappa shape index (κ2) is 1.67. The maximum Gasteiger partial charge on any atom is 0.172 e. The van der Waals surface area contributed by atoms with Crippen LogP contribution in [0.25, 0.3) is 0 Å². The Morgan fingerprint density at radius 1 is 1.57 bits per heavy atom. The van der Waals surface area contributed by atoms with Gasteiger partial charge in [0, 0.05) is 0 Å². The monoisotopic (exact) mass is 131 g/mol. The molecule has 1 saturated heterocycles. The highest BCUT2D eigenvalue weighted by molar-refractivity contribution is 8.68. The van der Waals surface area contributed by atoms with Crippen molar-refractivity contribution in [2.75, 3.05) is 6.26 Å². The lowest BCUT2D eigenvalue weighted by Crippen LogP contribution is -1.91. The van der Waals surface area contributed by atoms with Crippen molar-refractivity contribution in [2.45, 2.75) is 18.9 Å². The molecule has 1 heterocycles. The Labute approximate surface area is 51.1 Å². The molecule has 1 fully saturated rings. The van der Waals surface area contributed by atoms with Crippen LogP contribution in [-0.2, 0) is 0 Å². The van der Waals surface area contributed by atoms with Crippen LogP contribution in [-0.4, -0.2) is 18.3 Å². The highest BCUT2D eigenvalue weighted by atomic mass is 32.7. The van der Waals surface area contributed by atoms with Crippen molar-refractivity contribution in [3.8, 4) is 0 Å². The zero-order valence-electron chi connectivity index (χ0n) is 4.93. The van der Waals surface area contributed by atoms with Gasteiger partial charge in [0.1, 0.15) is 0 Å². The number of hydrogen-bond donors (Lipinski definition) is 0. The van der Waals surface area contributed by atoms with Gasteiger partial charge in [-0.2, -0.15) is 0 Å². The minimum Gasteiger partial charge on any atom is -0.148 e. The predicted octanol–water partition coefficient (Wildman–Crippen LogP) is 2.12. The van der Waals surface area contributed by atoms with E-state index in [9.17, 15) is 0 Å². The predicted molar refractivity (Wildman–Crippen MR) is 40.3 cm³/mol. The third-order valence-corrected chi connectivity index (χ3v) is 6.30. The molecule has 3 heteroatoms. The van der Waals surface area contributed by atoms with Crippen LogP contribution in [0.15, 0.2) is 0 Å². The lowest BCUT2D eigenvalue weighted by molar-refractivity contribution is 1.04. The molecule has 0 amide bonds. The van der Waals surface area contributed by atoms with E-state index in [1.807, 2.05) is 11.4 Å². The van der Waals surface area contributed by atoms with Crippen LogP contribution in [0.5, 0.6) is 0 Å². The summed E-state index contributed by atoms with van der Waals surface area (Å²) in [6.45, 7) is 7.04. The van der Waals surface area contributed by atoms with Gasteiger partial charge in [-0.25, -0.2) is 0 Å². The Hall–Kier alpha value is 0.845. The average molecular weight is 131 g/mol. The van der Waals surface area contributed by atoms with Crippen molar-refractivity contribution in [2.24, 2.45) is 0 Å². The third-order valence-electron chi connectivity index (χ3n) is 1.13. The van der Waals surface area contributed by atoms with Crippen molar-refractivity contribution < 1.29 is 0 Å². The fraction of sp³-hybridized carbons (Fsp3) is 1.00. The van der Waals surface area contributed by atoms with Crippen LogP contribution in [0.2, 0.25) is 0 Å². The summed E-state index contributed by atoms with van der Waals surface area (Å²) in [5.41, 5.74) is 0. The van der Waals surface area contributed by atoms with Gasteiger partial charge < -0.3 is 0 Å². The largest absolute Gasteiger partial charge is 0.172 e. The standard InChI is InChI=1S/C4H9BPS/c1-4(2)5-6(4)7-3/h1-3H3. The van der Waals surface area contributed by atoms with Crippen LogP contribution in [0.3, 0.4) is 0 Å². The van der Waals surface area contributed by atoms with Crippen LogP contribution in [0.1, 0.15) is 13.8 Å². The van der Waals surface area contributed by atoms with Gasteiger partial charge in [0.05, 0.1) is 0 Å². The SMILES string of the molecule is CSP1[B]C1(C)C. The molecule has 0 N–H and O–H groups in total. The van der Waals surface area contributed by atoms with Gasteiger partial charge in [-0.15, -0.1) is 11.4 Å². The molecule has 7 heavy (non-hydrogen) atoms. The molecular weight excluding hydrogens is 122 g/mol. The normalized spacial score (nSPS) is 34.4. The van der Waals surface area contributed by atoms with Crippen LogP contribution in [0.4, 0.5) is 0 Å². The molecule has 1 aliphatic heterocycles. The Kier molecular flexibility index (Phi) is 1.42. The first-order valence-corrected chi connectivity index (χ1v) is 5.60. The molecule has 1 unspecified atom stereocenters. The van der Waals surface area contributed by atoms with E-state index in [2.05, 4.69) is 27.1 Å². The fourth-order valence-electron chi connectivity index (χ4n) is 0.546. The van der Waals surface area contributed by atoms with E-state index in [-0.39, 0.29) is 0 Å². The minimum atomic E-state index is 0.300. The Morgan fingerprint density at radius 2 is 2.00 bits per heavy atom. The first kappa shape index (κ1) is 5.97. The summed E-state index contributed by atoms with van der Waals surface area (Å²) in [6.07, 6.45) is 2.19. The van der Waals surface area contributed by atoms with E-state index in [4.69, 9.17) is 0 Å². The fourth-order valence-corrected chi connectivity index (χ4v) is 4.56. The Balaban J connectivity index is 2.30. The van der Waals surface area contributed by atoms with Gasteiger partial charge in [-0.05, 0) is 11.3 Å². The summed E-state index contributed by atoms with van der Waals surface area (Å²) in [5, 5.41) is 0.620. The third kappa shape index (κ3) is 1.15. The van der Waals surface area contributed by atoms with Crippen molar-refractivity contribution in [3.63, 3.8) is 0 Å². The van der Waals surface area contributed by atoms with Gasteiger partial charge in [-0.3, -0.25) is 0 Å². The second-order valence-electron chi connectivity index (χ2n) is 2.29. The minimum absolute atomic E-state index is 0.300. The number of hydrogen-bond acceptors (Lipinski definition) is 1. The maximum atomic E-state index is 2.44. The molecule has 1 aliphatic rings. The number of rotatable bonds is 1. The summed E-state index contributed by atoms with van der Waals surface area (Å²) in [4.78, 5) is 0. The molecule has 1 atom stereocenters. The van der Waals surface area contributed by atoms with Crippen LogP contribution < -0.4 is 0 Å². The average Bonchev–Trinajstić information content (AvgIpc) is 2.13. The molecule has 0 saturated carbocycles. The van der Waals surface area contributed by atoms with E-state index in [0.29, 0.717) is 12.1 Å². The van der Waals surface area contributed by atoms with Gasteiger partial charge in [0.2, 0.25) is 0 Å². The maximum absolute atomic E-state index is 2.44. The summed E-state index contributed by atoms with van der Waals surface area (Å²) < 4.78 is 0. The van der Waals surface area contributed by atoms with E-state index < -0.39 is 0 Å². The zero-order valence-corrected chi connectivity index (χ0v) is 6.64. The molecule has 0 bridgehead atoms. The molecule has 0 aromatic carbocycles. The summed E-state index contributed by atoms with van der Waals surface area (Å²) in [5.74, 6) is 0. The van der Waals surface area contributed by atoms with Crippen LogP contribution in [0, 0.1) is 0 Å². The summed E-state index contributed by atoms with van der Waals surface area (Å²) in [7, 11) is 0.300.